The Kier molecular flexibility index (Phi) is 6.12. The van der Waals surface area contributed by atoms with E-state index in [1.54, 1.807) is 24.3 Å². The molecule has 9 nitrogen and oxygen atoms in total. The number of hydrogen-bond donors (Lipinski definition) is 2. The van der Waals surface area contributed by atoms with Gasteiger partial charge < -0.3 is 4.74 Å². The first-order valence-electron chi connectivity index (χ1n) is 10.5. The molecule has 186 valence electrons. The van der Waals surface area contributed by atoms with Crippen LogP contribution >= 0.6 is 23.4 Å². The maximum Gasteiger partial charge on any atom is 0.491 e. The Morgan fingerprint density at radius 3 is 2.56 bits per heavy atom. The fourth-order valence-corrected chi connectivity index (χ4v) is 4.79. The number of pyridine rings is 1. The molecule has 0 aliphatic heterocycles. The summed E-state index contributed by atoms with van der Waals surface area (Å²) < 4.78 is 48.9. The van der Waals surface area contributed by atoms with Crippen LogP contribution in [0, 0.1) is 0 Å². The molecule has 3 aromatic heterocycles. The van der Waals surface area contributed by atoms with E-state index in [4.69, 9.17) is 11.6 Å². The third kappa shape index (κ3) is 4.88. The van der Waals surface area contributed by atoms with Crippen LogP contribution in [0.3, 0.4) is 0 Å². The molecule has 1 saturated carbocycles. The summed E-state index contributed by atoms with van der Waals surface area (Å²) in [5.41, 5.74) is 2.08. The quantitative estimate of drug-likeness (QED) is 0.280. The van der Waals surface area contributed by atoms with Crippen LogP contribution < -0.4 is 15.1 Å². The molecular formula is C22H16ClF3N5O4S+. The lowest BCUT2D eigenvalue weighted by atomic mass is 10.1. The van der Waals surface area contributed by atoms with E-state index in [0.717, 1.165) is 23.7 Å². The molecule has 2 N–H and O–H groups in total. The number of carbonyl (C=O) groups excluding carboxylic acids is 1. The first kappa shape index (κ1) is 24.1. The minimum Gasteiger partial charge on any atom is -0.350 e. The first-order valence-corrected chi connectivity index (χ1v) is 11.7. The average molecular weight is 539 g/mol. The number of aromatic nitrogens is 5. The predicted octanol–water partition coefficient (Wildman–Crippen LogP) is 4.12. The van der Waals surface area contributed by atoms with E-state index in [0.29, 0.717) is 32.2 Å². The van der Waals surface area contributed by atoms with Crippen LogP contribution in [-0.2, 0) is 11.8 Å². The van der Waals surface area contributed by atoms with E-state index < -0.39 is 17.9 Å². The summed E-state index contributed by atoms with van der Waals surface area (Å²) in [5.74, 6) is -2.26. The molecule has 0 spiro atoms. The van der Waals surface area contributed by atoms with Gasteiger partial charge in [0.2, 0.25) is 5.03 Å². The minimum absolute atomic E-state index is 0.0427. The number of benzene rings is 1. The van der Waals surface area contributed by atoms with Crippen molar-refractivity contribution in [3.8, 4) is 17.3 Å². The molecule has 0 radical (unpaired) electrons. The van der Waals surface area contributed by atoms with Gasteiger partial charge in [0, 0.05) is 17.7 Å². The van der Waals surface area contributed by atoms with E-state index in [2.05, 4.69) is 29.4 Å². The van der Waals surface area contributed by atoms with Crippen LogP contribution in [0.25, 0.3) is 11.3 Å². The Morgan fingerprint density at radius 2 is 1.94 bits per heavy atom. The maximum absolute atomic E-state index is 12.8. The van der Waals surface area contributed by atoms with Crippen LogP contribution in [0.1, 0.15) is 29.6 Å². The zero-order valence-corrected chi connectivity index (χ0v) is 19.9. The largest absolute Gasteiger partial charge is 0.491 e. The lowest BCUT2D eigenvalue weighted by Gasteiger charge is -2.03. The van der Waals surface area contributed by atoms with Gasteiger partial charge in [0.15, 0.2) is 11.5 Å². The Hall–Kier alpha value is -3.58. The molecule has 5 rings (SSSR count). The molecule has 4 aromatic rings. The van der Waals surface area contributed by atoms with Crippen LogP contribution in [0.4, 0.5) is 13.2 Å². The van der Waals surface area contributed by atoms with E-state index in [9.17, 15) is 22.8 Å². The zero-order valence-electron chi connectivity index (χ0n) is 18.3. The summed E-state index contributed by atoms with van der Waals surface area (Å²) in [6, 6.07) is 10.3. The van der Waals surface area contributed by atoms with Crippen LogP contribution in [0.15, 0.2) is 62.0 Å². The Bertz CT molecular complexity index is 1480. The highest BCUT2D eigenvalue weighted by Crippen LogP contribution is 2.53. The standard InChI is InChI=1S/C22H15ClF3N5O4S/c1-31-18(36-15-7-6-12(23)9-27-15)16(28-20(31)34-19(32)22(24,25)26)11-4-2-10(3-5-11)13-8-14(13)17-29-21(33)35-30-17/h2-7,9,13-14H,8H2,1H3,(H,29,30,33)/p+1/t13-,14+/m1/s1. The second-order valence-electron chi connectivity index (χ2n) is 8.02. The minimum atomic E-state index is -5.15. The highest BCUT2D eigenvalue weighted by molar-refractivity contribution is 7.99. The van der Waals surface area contributed by atoms with E-state index >= 15 is 0 Å². The van der Waals surface area contributed by atoms with E-state index in [-0.39, 0.29) is 17.8 Å². The van der Waals surface area contributed by atoms with Gasteiger partial charge in [-0.2, -0.15) is 17.7 Å². The molecule has 0 bridgehead atoms. The number of H-pyrrole nitrogens is 2. The Balaban J connectivity index is 1.45. The van der Waals surface area contributed by atoms with Gasteiger partial charge in [0.1, 0.15) is 5.03 Å². The van der Waals surface area contributed by atoms with Gasteiger partial charge in [0.25, 0.3) is 0 Å². The number of imidazole rings is 1. The first-order chi connectivity index (χ1) is 17.1. The number of hydrogen-bond acceptors (Lipinski definition) is 7. The van der Waals surface area contributed by atoms with Gasteiger partial charge in [-0.05, 0) is 41.8 Å². The third-order valence-electron chi connectivity index (χ3n) is 5.60. The summed E-state index contributed by atoms with van der Waals surface area (Å²) in [6.07, 6.45) is -2.91. The molecule has 0 unspecified atom stereocenters. The fourth-order valence-electron chi connectivity index (χ4n) is 3.74. The summed E-state index contributed by atoms with van der Waals surface area (Å²) in [4.78, 5) is 32.2. The second kappa shape index (κ2) is 9.13. The van der Waals surface area contributed by atoms with Gasteiger partial charge in [-0.3, -0.25) is 9.51 Å². The van der Waals surface area contributed by atoms with Crippen molar-refractivity contribution in [1.29, 1.82) is 0 Å². The molecule has 14 heteroatoms. The molecule has 1 aliphatic carbocycles. The SMILES string of the molecule is C[n+]1c(OC(=O)C(F)(F)F)[nH]c(-c2ccc([C@H]3C[C@@H]3c3noc(=O)[nH]3)cc2)c1Sc1ccc(Cl)cn1. The van der Waals surface area contributed by atoms with Crippen LogP contribution in [0.2, 0.25) is 5.02 Å². The lowest BCUT2D eigenvalue weighted by Crippen LogP contribution is -2.36. The number of nitrogens with zero attached hydrogens (tertiary/aromatic N) is 3. The molecule has 2 atom stereocenters. The fraction of sp³-hybridized carbons (Fsp3) is 0.227. The number of nitrogens with one attached hydrogen (secondary N) is 2. The monoisotopic (exact) mass is 538 g/mol. The molecule has 1 aliphatic rings. The number of rotatable bonds is 6. The highest BCUT2D eigenvalue weighted by Gasteiger charge is 2.44. The summed E-state index contributed by atoms with van der Waals surface area (Å²) in [5, 5.41) is 5.17. The van der Waals surface area contributed by atoms with Crippen molar-refractivity contribution >= 4 is 29.3 Å². The van der Waals surface area contributed by atoms with Crippen molar-refractivity contribution in [3.63, 3.8) is 0 Å². The normalized spacial score (nSPS) is 17.2. The van der Waals surface area contributed by atoms with E-state index in [1.165, 1.54) is 17.8 Å². The van der Waals surface area contributed by atoms with Gasteiger partial charge >= 0.3 is 23.9 Å². The lowest BCUT2D eigenvalue weighted by molar-refractivity contribution is -0.709. The van der Waals surface area contributed by atoms with Crippen molar-refractivity contribution in [2.24, 2.45) is 7.05 Å². The predicted molar refractivity (Wildman–Crippen MR) is 120 cm³/mol. The maximum atomic E-state index is 12.8. The number of halogens is 4. The molecule has 1 fully saturated rings. The molecule has 0 saturated heterocycles. The van der Waals surface area contributed by atoms with Gasteiger partial charge in [0.05, 0.1) is 12.1 Å². The average Bonchev–Trinajstić information content (AvgIpc) is 3.43. The van der Waals surface area contributed by atoms with Crippen LogP contribution in [-0.4, -0.2) is 32.3 Å². The number of ether oxygens (including phenoxy) is 1. The summed E-state index contributed by atoms with van der Waals surface area (Å²) >= 11 is 7.06. The van der Waals surface area contributed by atoms with Crippen molar-refractivity contribution in [2.45, 2.75) is 34.5 Å². The number of aromatic amines is 2. The molecule has 1 aromatic carbocycles. The van der Waals surface area contributed by atoms with Crippen molar-refractivity contribution in [1.82, 2.24) is 20.1 Å². The van der Waals surface area contributed by atoms with Gasteiger partial charge in [-0.1, -0.05) is 41.0 Å². The molecule has 36 heavy (non-hydrogen) atoms. The van der Waals surface area contributed by atoms with Gasteiger partial charge in [-0.25, -0.2) is 19.6 Å². The van der Waals surface area contributed by atoms with Crippen molar-refractivity contribution in [2.75, 3.05) is 0 Å². The summed E-state index contributed by atoms with van der Waals surface area (Å²) in [6.45, 7) is 0. The molecule has 3 heterocycles. The zero-order chi connectivity index (χ0) is 25.6. The summed E-state index contributed by atoms with van der Waals surface area (Å²) in [7, 11) is 1.47. The number of esters is 1. The molecule has 0 amide bonds. The highest BCUT2D eigenvalue weighted by atomic mass is 35.5. The van der Waals surface area contributed by atoms with Crippen LogP contribution in [0.5, 0.6) is 6.01 Å². The Morgan fingerprint density at radius 1 is 1.19 bits per heavy atom. The second-order valence-corrected chi connectivity index (χ2v) is 9.47. The third-order valence-corrected chi connectivity index (χ3v) is 6.95. The smallest absolute Gasteiger partial charge is 0.350 e. The van der Waals surface area contributed by atoms with Crippen molar-refractivity contribution in [3.05, 3.63) is 69.6 Å². The number of carbonyl (C=O) groups is 1. The van der Waals surface area contributed by atoms with Gasteiger partial charge in [-0.15, -0.1) is 0 Å². The molecular weight excluding hydrogens is 523 g/mol. The Labute approximate surface area is 209 Å². The van der Waals surface area contributed by atoms with Crippen molar-refractivity contribution < 1.29 is 31.8 Å². The number of alkyl halides is 3. The topological polar surface area (TPSA) is 118 Å². The van der Waals surface area contributed by atoms with E-state index in [1.807, 2.05) is 12.1 Å².